The Morgan fingerprint density at radius 2 is 1.94 bits per heavy atom. The van der Waals surface area contributed by atoms with Gasteiger partial charge in [0.05, 0.1) is 16.8 Å². The maximum absolute atomic E-state index is 13.4. The molecule has 2 aromatic rings. The zero-order valence-electron chi connectivity index (χ0n) is 8.45. The molecule has 0 fully saturated rings. The Bertz CT molecular complexity index is 586. The number of nitrogens with zero attached hydrogens (tertiary/aromatic N) is 1. The minimum atomic E-state index is -0.677. The number of pyridine rings is 1. The number of carbonyl (C=O) groups excluding carboxylic acids is 1. The lowest BCUT2D eigenvalue weighted by Crippen LogP contribution is -2.05. The lowest BCUT2D eigenvalue weighted by atomic mass is 10.0. The predicted molar refractivity (Wildman–Crippen MR) is 64.1 cm³/mol. The Balaban J connectivity index is 2.48. The standard InChI is InChI=1S/C12H6Cl2FNO/c13-7-1-2-8(10(14)5-7)12(17)9-3-4-16-6-11(9)15/h1-6H. The summed E-state index contributed by atoms with van der Waals surface area (Å²) in [5.41, 5.74) is 0.144. The molecule has 0 atom stereocenters. The first kappa shape index (κ1) is 12.0. The van der Waals surface area contributed by atoms with E-state index in [1.165, 1.54) is 30.5 Å². The van der Waals surface area contributed by atoms with Crippen LogP contribution in [-0.2, 0) is 0 Å². The quantitative estimate of drug-likeness (QED) is 0.778. The summed E-state index contributed by atoms with van der Waals surface area (Å²) >= 11 is 11.6. The van der Waals surface area contributed by atoms with Gasteiger partial charge in [0.25, 0.3) is 0 Å². The summed E-state index contributed by atoms with van der Waals surface area (Å²) in [5, 5.41) is 0.612. The third kappa shape index (κ3) is 2.46. The molecule has 0 spiro atoms. The fourth-order valence-corrected chi connectivity index (χ4v) is 1.87. The number of aromatic nitrogens is 1. The highest BCUT2D eigenvalue weighted by atomic mass is 35.5. The number of hydrogen-bond acceptors (Lipinski definition) is 2. The van der Waals surface area contributed by atoms with Crippen molar-refractivity contribution < 1.29 is 9.18 Å². The molecule has 0 bridgehead atoms. The van der Waals surface area contributed by atoms with Crippen molar-refractivity contribution >= 4 is 29.0 Å². The van der Waals surface area contributed by atoms with E-state index in [0.717, 1.165) is 6.20 Å². The van der Waals surface area contributed by atoms with Crippen molar-refractivity contribution in [2.24, 2.45) is 0 Å². The second-order valence-electron chi connectivity index (χ2n) is 3.31. The van der Waals surface area contributed by atoms with E-state index in [-0.39, 0.29) is 16.1 Å². The monoisotopic (exact) mass is 269 g/mol. The molecule has 17 heavy (non-hydrogen) atoms. The number of carbonyl (C=O) groups is 1. The van der Waals surface area contributed by atoms with Crippen LogP contribution in [-0.4, -0.2) is 10.8 Å². The highest BCUT2D eigenvalue weighted by molar-refractivity contribution is 6.37. The average molecular weight is 270 g/mol. The third-order valence-corrected chi connectivity index (χ3v) is 2.74. The molecule has 0 aliphatic carbocycles. The number of hydrogen-bond donors (Lipinski definition) is 0. The summed E-state index contributed by atoms with van der Waals surface area (Å²) in [7, 11) is 0. The van der Waals surface area contributed by atoms with Crippen LogP contribution < -0.4 is 0 Å². The van der Waals surface area contributed by atoms with Gasteiger partial charge in [0.15, 0.2) is 11.6 Å². The highest BCUT2D eigenvalue weighted by Crippen LogP contribution is 2.24. The number of ketones is 1. The van der Waals surface area contributed by atoms with Crippen molar-refractivity contribution in [1.29, 1.82) is 0 Å². The second kappa shape index (κ2) is 4.82. The minimum absolute atomic E-state index is 0.0655. The average Bonchev–Trinajstić information content (AvgIpc) is 2.29. The van der Waals surface area contributed by atoms with Gasteiger partial charge in [-0.3, -0.25) is 9.78 Å². The lowest BCUT2D eigenvalue weighted by Gasteiger charge is -2.04. The molecule has 0 saturated heterocycles. The molecule has 1 aromatic carbocycles. The van der Waals surface area contributed by atoms with Crippen LogP contribution in [0.3, 0.4) is 0 Å². The Kier molecular flexibility index (Phi) is 3.41. The summed E-state index contributed by atoms with van der Waals surface area (Å²) in [5.74, 6) is -1.17. The van der Waals surface area contributed by atoms with E-state index in [4.69, 9.17) is 23.2 Å². The first-order valence-electron chi connectivity index (χ1n) is 4.69. The maximum Gasteiger partial charge on any atom is 0.197 e. The van der Waals surface area contributed by atoms with Crippen molar-refractivity contribution in [2.75, 3.05) is 0 Å². The van der Waals surface area contributed by atoms with Crippen LogP contribution in [0.2, 0.25) is 10.0 Å². The molecular formula is C12H6Cl2FNO. The van der Waals surface area contributed by atoms with Crippen molar-refractivity contribution in [3.63, 3.8) is 0 Å². The molecule has 0 aliphatic heterocycles. The minimum Gasteiger partial charge on any atom is -0.288 e. The summed E-state index contributed by atoms with van der Waals surface area (Å²) in [6, 6.07) is 5.74. The van der Waals surface area contributed by atoms with Gasteiger partial charge < -0.3 is 0 Å². The maximum atomic E-state index is 13.4. The van der Waals surface area contributed by atoms with Crippen LogP contribution in [0.15, 0.2) is 36.7 Å². The summed E-state index contributed by atoms with van der Waals surface area (Å²) in [6.45, 7) is 0. The Morgan fingerprint density at radius 3 is 2.59 bits per heavy atom. The van der Waals surface area contributed by atoms with Gasteiger partial charge in [-0.15, -0.1) is 0 Å². The molecule has 0 unspecified atom stereocenters. The molecule has 0 amide bonds. The van der Waals surface area contributed by atoms with Crippen LogP contribution >= 0.6 is 23.2 Å². The SMILES string of the molecule is O=C(c1ccncc1F)c1ccc(Cl)cc1Cl. The number of halogens is 3. The van der Waals surface area contributed by atoms with Crippen LogP contribution in [0.25, 0.3) is 0 Å². The van der Waals surface area contributed by atoms with Gasteiger partial charge in [0, 0.05) is 16.8 Å². The van der Waals surface area contributed by atoms with Crippen molar-refractivity contribution in [3.8, 4) is 0 Å². The Labute approximate surface area is 107 Å². The Hall–Kier alpha value is -1.45. The van der Waals surface area contributed by atoms with Crippen LogP contribution in [0, 0.1) is 5.82 Å². The van der Waals surface area contributed by atoms with Gasteiger partial charge in [-0.1, -0.05) is 23.2 Å². The number of rotatable bonds is 2. The zero-order valence-corrected chi connectivity index (χ0v) is 9.97. The lowest BCUT2D eigenvalue weighted by molar-refractivity contribution is 0.103. The molecule has 2 nitrogen and oxygen atoms in total. The van der Waals surface area contributed by atoms with Crippen molar-refractivity contribution in [1.82, 2.24) is 4.98 Å². The molecule has 2 rings (SSSR count). The van der Waals surface area contributed by atoms with Gasteiger partial charge in [0.2, 0.25) is 0 Å². The first-order valence-corrected chi connectivity index (χ1v) is 5.44. The summed E-state index contributed by atoms with van der Waals surface area (Å²) < 4.78 is 13.4. The van der Waals surface area contributed by atoms with Gasteiger partial charge in [-0.2, -0.15) is 0 Å². The van der Waals surface area contributed by atoms with E-state index >= 15 is 0 Å². The summed E-state index contributed by atoms with van der Waals surface area (Å²) in [6.07, 6.45) is 2.33. The molecule has 1 aromatic heterocycles. The molecule has 86 valence electrons. The van der Waals surface area contributed by atoms with Gasteiger partial charge in [-0.25, -0.2) is 4.39 Å². The van der Waals surface area contributed by atoms with E-state index in [1.807, 2.05) is 0 Å². The fourth-order valence-electron chi connectivity index (χ4n) is 1.38. The van der Waals surface area contributed by atoms with E-state index in [9.17, 15) is 9.18 Å². The van der Waals surface area contributed by atoms with E-state index in [0.29, 0.717) is 5.02 Å². The van der Waals surface area contributed by atoms with E-state index in [1.54, 1.807) is 0 Å². The predicted octanol–water partition coefficient (Wildman–Crippen LogP) is 3.76. The normalized spacial score (nSPS) is 10.3. The first-order chi connectivity index (χ1) is 8.09. The largest absolute Gasteiger partial charge is 0.288 e. The zero-order chi connectivity index (χ0) is 12.4. The van der Waals surface area contributed by atoms with Crippen molar-refractivity contribution in [2.45, 2.75) is 0 Å². The van der Waals surface area contributed by atoms with Gasteiger partial charge >= 0.3 is 0 Å². The number of benzene rings is 1. The van der Waals surface area contributed by atoms with E-state index in [2.05, 4.69) is 4.98 Å². The van der Waals surface area contributed by atoms with Crippen LogP contribution in [0.5, 0.6) is 0 Å². The van der Waals surface area contributed by atoms with Gasteiger partial charge in [-0.05, 0) is 24.3 Å². The van der Waals surface area contributed by atoms with Crippen LogP contribution in [0.4, 0.5) is 4.39 Å². The smallest absolute Gasteiger partial charge is 0.197 e. The molecule has 0 N–H and O–H groups in total. The molecule has 1 heterocycles. The third-order valence-electron chi connectivity index (χ3n) is 2.19. The topological polar surface area (TPSA) is 30.0 Å². The van der Waals surface area contributed by atoms with Crippen molar-refractivity contribution in [3.05, 3.63) is 63.6 Å². The molecular weight excluding hydrogens is 264 g/mol. The molecule has 0 saturated carbocycles. The molecule has 0 radical (unpaired) electrons. The molecule has 5 heteroatoms. The van der Waals surface area contributed by atoms with Gasteiger partial charge in [0.1, 0.15) is 0 Å². The summed E-state index contributed by atoms with van der Waals surface area (Å²) in [4.78, 5) is 15.6. The fraction of sp³-hybridized carbons (Fsp3) is 0. The Morgan fingerprint density at radius 1 is 1.18 bits per heavy atom. The van der Waals surface area contributed by atoms with E-state index < -0.39 is 11.6 Å². The van der Waals surface area contributed by atoms with Crippen LogP contribution in [0.1, 0.15) is 15.9 Å². The second-order valence-corrected chi connectivity index (χ2v) is 4.15. The molecule has 0 aliphatic rings. The highest BCUT2D eigenvalue weighted by Gasteiger charge is 2.16.